The Bertz CT molecular complexity index is 723. The van der Waals surface area contributed by atoms with Crippen LogP contribution in [0.1, 0.15) is 42.2 Å². The molecule has 2 heterocycles. The van der Waals surface area contributed by atoms with Crippen LogP contribution in [0.25, 0.3) is 0 Å². The molecular weight excluding hydrogens is 314 g/mol. The fraction of sp³-hybridized carbons (Fsp3) is 0.412. The number of aryl methyl sites for hydroxylation is 1. The van der Waals surface area contributed by atoms with E-state index in [2.05, 4.69) is 6.07 Å². The molecule has 0 N–H and O–H groups in total. The molecule has 1 atom stereocenters. The van der Waals surface area contributed by atoms with Crippen LogP contribution in [-0.4, -0.2) is 19.3 Å². The van der Waals surface area contributed by atoms with Gasteiger partial charge in [0, 0.05) is 11.4 Å². The van der Waals surface area contributed by atoms with Gasteiger partial charge in [0.25, 0.3) is 0 Å². The van der Waals surface area contributed by atoms with Crippen LogP contribution < -0.4 is 0 Å². The van der Waals surface area contributed by atoms with Crippen LogP contribution >= 0.6 is 11.3 Å². The Morgan fingerprint density at radius 3 is 2.64 bits per heavy atom. The molecule has 0 aliphatic carbocycles. The minimum absolute atomic E-state index is 0.0212. The Labute approximate surface area is 136 Å². The van der Waals surface area contributed by atoms with Crippen LogP contribution in [0.5, 0.6) is 0 Å². The van der Waals surface area contributed by atoms with Gasteiger partial charge < -0.3 is 0 Å². The molecule has 1 aliphatic heterocycles. The quantitative estimate of drug-likeness (QED) is 0.835. The summed E-state index contributed by atoms with van der Waals surface area (Å²) >= 11 is 1.65. The Morgan fingerprint density at radius 1 is 1.09 bits per heavy atom. The lowest BCUT2D eigenvalue weighted by Crippen LogP contribution is -2.34. The third-order valence-corrected chi connectivity index (χ3v) is 7.30. The predicted molar refractivity (Wildman–Crippen MR) is 90.6 cm³/mol. The number of nitrogens with zero attached hydrogens (tertiary/aromatic N) is 1. The molecule has 1 saturated heterocycles. The highest BCUT2D eigenvalue weighted by atomic mass is 32.2. The summed E-state index contributed by atoms with van der Waals surface area (Å²) in [4.78, 5) is 1.59. The van der Waals surface area contributed by atoms with E-state index in [1.54, 1.807) is 27.8 Å². The molecule has 3 rings (SSSR count). The maximum absolute atomic E-state index is 13.2. The van der Waals surface area contributed by atoms with Crippen LogP contribution in [0.15, 0.2) is 46.7 Å². The Balaban J connectivity index is 2.04. The van der Waals surface area contributed by atoms with Crippen molar-refractivity contribution in [3.8, 4) is 0 Å². The van der Waals surface area contributed by atoms with Crippen LogP contribution in [0.4, 0.5) is 0 Å². The van der Waals surface area contributed by atoms with Crippen molar-refractivity contribution in [1.82, 2.24) is 4.31 Å². The first-order valence-electron chi connectivity index (χ1n) is 7.71. The minimum Gasteiger partial charge on any atom is -0.207 e. The third-order valence-electron chi connectivity index (χ3n) is 4.26. The second-order valence-electron chi connectivity index (χ2n) is 5.76. The topological polar surface area (TPSA) is 37.4 Å². The summed E-state index contributed by atoms with van der Waals surface area (Å²) in [7, 11) is -3.45. The van der Waals surface area contributed by atoms with Gasteiger partial charge >= 0.3 is 0 Å². The van der Waals surface area contributed by atoms with E-state index in [1.165, 1.54) is 0 Å². The van der Waals surface area contributed by atoms with Crippen molar-refractivity contribution in [2.24, 2.45) is 0 Å². The summed E-state index contributed by atoms with van der Waals surface area (Å²) < 4.78 is 28.1. The van der Waals surface area contributed by atoms with Crippen molar-refractivity contribution in [2.75, 3.05) is 6.54 Å². The normalized spacial score (nSPS) is 20.7. The number of sulfonamides is 1. The highest BCUT2D eigenvalue weighted by Gasteiger charge is 2.34. The van der Waals surface area contributed by atoms with Gasteiger partial charge in [-0.1, -0.05) is 37.1 Å². The van der Waals surface area contributed by atoms with Gasteiger partial charge in [-0.15, -0.1) is 11.3 Å². The van der Waals surface area contributed by atoms with Crippen molar-refractivity contribution in [3.05, 3.63) is 52.2 Å². The van der Waals surface area contributed by atoms with E-state index in [9.17, 15) is 8.42 Å². The van der Waals surface area contributed by atoms with Gasteiger partial charge in [-0.25, -0.2) is 8.42 Å². The molecule has 0 unspecified atom stereocenters. The molecule has 0 bridgehead atoms. The number of hydrogen-bond donors (Lipinski definition) is 0. The Kier molecular flexibility index (Phi) is 4.66. The standard InChI is InChI=1S/C17H21NO2S2/c1-14-8-4-5-11-17(14)22(19,20)18-12-6-2-3-9-15(18)16-10-7-13-21-16/h4-5,7-8,10-11,13,15H,2-3,6,9,12H2,1H3/t15-/m0/s1. The highest BCUT2D eigenvalue weighted by Crippen LogP contribution is 2.37. The molecule has 5 heteroatoms. The highest BCUT2D eigenvalue weighted by molar-refractivity contribution is 7.89. The third kappa shape index (κ3) is 2.98. The number of rotatable bonds is 3. The van der Waals surface area contributed by atoms with E-state index >= 15 is 0 Å². The van der Waals surface area contributed by atoms with Crippen LogP contribution in [0.2, 0.25) is 0 Å². The molecule has 118 valence electrons. The van der Waals surface area contributed by atoms with Gasteiger partial charge in [0.05, 0.1) is 10.9 Å². The summed E-state index contributed by atoms with van der Waals surface area (Å²) in [5, 5.41) is 2.03. The van der Waals surface area contributed by atoms with Gasteiger partial charge in [0.2, 0.25) is 10.0 Å². The van der Waals surface area contributed by atoms with E-state index < -0.39 is 10.0 Å². The van der Waals surface area contributed by atoms with Crippen molar-refractivity contribution in [2.45, 2.75) is 43.5 Å². The molecule has 22 heavy (non-hydrogen) atoms. The van der Waals surface area contributed by atoms with Gasteiger partial charge in [0.15, 0.2) is 0 Å². The van der Waals surface area contributed by atoms with Gasteiger partial charge in [-0.2, -0.15) is 4.31 Å². The zero-order valence-corrected chi connectivity index (χ0v) is 14.4. The molecule has 2 aromatic rings. The van der Waals surface area contributed by atoms with E-state index in [4.69, 9.17) is 0 Å². The lowest BCUT2D eigenvalue weighted by molar-refractivity contribution is 0.333. The van der Waals surface area contributed by atoms with E-state index in [1.807, 2.05) is 30.5 Å². The number of benzene rings is 1. The average Bonchev–Trinajstić information content (AvgIpc) is 2.91. The zero-order chi connectivity index (χ0) is 15.6. The largest absolute Gasteiger partial charge is 0.243 e. The Morgan fingerprint density at radius 2 is 1.91 bits per heavy atom. The smallest absolute Gasteiger partial charge is 0.207 e. The lowest BCUT2D eigenvalue weighted by atomic mass is 10.1. The number of thiophene rings is 1. The van der Waals surface area contributed by atoms with Gasteiger partial charge in [0.1, 0.15) is 0 Å². The van der Waals surface area contributed by atoms with Gasteiger partial charge in [-0.05, 0) is 42.8 Å². The first-order chi connectivity index (χ1) is 10.6. The van der Waals surface area contributed by atoms with Gasteiger partial charge in [-0.3, -0.25) is 0 Å². The Hall–Kier alpha value is -1.17. The molecule has 0 saturated carbocycles. The molecular formula is C17H21NO2S2. The van der Waals surface area contributed by atoms with E-state index in [0.717, 1.165) is 36.1 Å². The first kappa shape index (κ1) is 15.7. The molecule has 0 radical (unpaired) electrons. The number of hydrogen-bond acceptors (Lipinski definition) is 3. The molecule has 1 fully saturated rings. The molecule has 3 nitrogen and oxygen atoms in total. The monoisotopic (exact) mass is 335 g/mol. The SMILES string of the molecule is Cc1ccccc1S(=O)(=O)N1CCCCC[C@H]1c1cccs1. The van der Waals surface area contributed by atoms with Crippen molar-refractivity contribution < 1.29 is 8.42 Å². The van der Waals surface area contributed by atoms with Crippen LogP contribution in [0, 0.1) is 6.92 Å². The predicted octanol–water partition coefficient (Wildman–Crippen LogP) is 4.36. The van der Waals surface area contributed by atoms with E-state index in [-0.39, 0.29) is 6.04 Å². The summed E-state index contributed by atoms with van der Waals surface area (Å²) in [6.45, 7) is 2.48. The second kappa shape index (κ2) is 6.52. The molecule has 1 aliphatic rings. The second-order valence-corrected chi connectivity index (χ2v) is 8.60. The molecule has 1 aromatic carbocycles. The van der Waals surface area contributed by atoms with Crippen LogP contribution in [0.3, 0.4) is 0 Å². The van der Waals surface area contributed by atoms with Crippen molar-refractivity contribution >= 4 is 21.4 Å². The maximum Gasteiger partial charge on any atom is 0.243 e. The van der Waals surface area contributed by atoms with Crippen LogP contribution in [-0.2, 0) is 10.0 Å². The van der Waals surface area contributed by atoms with Crippen molar-refractivity contribution in [1.29, 1.82) is 0 Å². The van der Waals surface area contributed by atoms with E-state index in [0.29, 0.717) is 11.4 Å². The first-order valence-corrected chi connectivity index (χ1v) is 10.0. The minimum atomic E-state index is -3.45. The summed E-state index contributed by atoms with van der Waals surface area (Å²) in [5.74, 6) is 0. The average molecular weight is 335 g/mol. The lowest BCUT2D eigenvalue weighted by Gasteiger charge is -2.29. The fourth-order valence-corrected chi connectivity index (χ4v) is 5.95. The maximum atomic E-state index is 13.2. The summed E-state index contributed by atoms with van der Waals surface area (Å²) in [6.07, 6.45) is 4.03. The fourth-order valence-electron chi connectivity index (χ4n) is 3.11. The summed E-state index contributed by atoms with van der Waals surface area (Å²) in [6, 6.07) is 11.3. The molecule has 0 spiro atoms. The molecule has 0 amide bonds. The van der Waals surface area contributed by atoms with Crippen molar-refractivity contribution in [3.63, 3.8) is 0 Å². The molecule has 1 aromatic heterocycles. The summed E-state index contributed by atoms with van der Waals surface area (Å²) in [5.41, 5.74) is 0.816. The zero-order valence-electron chi connectivity index (χ0n) is 12.7.